The fourth-order valence-electron chi connectivity index (χ4n) is 3.23. The first kappa shape index (κ1) is 17.8. The fourth-order valence-corrected chi connectivity index (χ4v) is 3.23. The Bertz CT molecular complexity index is 521. The van der Waals surface area contributed by atoms with Gasteiger partial charge < -0.3 is 10.2 Å². The average molecular weight is 310 g/mol. The Hall–Kier alpha value is -2.30. The molecule has 0 radical (unpaired) electrons. The van der Waals surface area contributed by atoms with Crippen LogP contribution in [0.15, 0.2) is 9.98 Å². The van der Waals surface area contributed by atoms with Crippen molar-refractivity contribution in [3.05, 3.63) is 0 Å². The van der Waals surface area contributed by atoms with Crippen molar-refractivity contribution in [3.63, 3.8) is 0 Å². The molecule has 0 aromatic carbocycles. The quantitative estimate of drug-likeness (QED) is 0.507. The summed E-state index contributed by atoms with van der Waals surface area (Å²) < 4.78 is 0. The van der Waals surface area contributed by atoms with E-state index in [1.807, 2.05) is 0 Å². The first-order valence-electron chi connectivity index (χ1n) is 7.01. The van der Waals surface area contributed by atoms with E-state index in [1.165, 1.54) is 12.2 Å². The highest BCUT2D eigenvalue weighted by atomic mass is 16.4. The minimum Gasteiger partial charge on any atom is -0.481 e. The summed E-state index contributed by atoms with van der Waals surface area (Å²) in [6.45, 7) is 0.132. The molecular weight excluding hydrogens is 292 g/mol. The molecule has 0 saturated heterocycles. The van der Waals surface area contributed by atoms with Crippen LogP contribution in [0.4, 0.5) is 0 Å². The molecule has 0 bridgehead atoms. The summed E-state index contributed by atoms with van der Waals surface area (Å²) in [6.07, 6.45) is 3.86. The molecule has 1 aliphatic carbocycles. The summed E-state index contributed by atoms with van der Waals surface area (Å²) in [7, 11) is 0. The molecule has 0 spiro atoms. The number of isocyanates is 2. The van der Waals surface area contributed by atoms with Crippen LogP contribution < -0.4 is 0 Å². The fraction of sp³-hybridized carbons (Fsp3) is 0.714. The Labute approximate surface area is 127 Å². The van der Waals surface area contributed by atoms with Gasteiger partial charge in [-0.25, -0.2) is 19.6 Å². The number of nitrogens with zero attached hydrogens (tertiary/aromatic N) is 2. The number of carbonyl (C=O) groups excluding carboxylic acids is 2. The number of hydrogen-bond donors (Lipinski definition) is 2. The summed E-state index contributed by atoms with van der Waals surface area (Å²) in [5.41, 5.74) is -1.15. The first-order valence-corrected chi connectivity index (χ1v) is 7.01. The third-order valence-corrected chi connectivity index (χ3v) is 4.45. The maximum atomic E-state index is 11.8. The van der Waals surface area contributed by atoms with E-state index in [4.69, 9.17) is 5.11 Å². The van der Waals surface area contributed by atoms with E-state index in [-0.39, 0.29) is 45.2 Å². The monoisotopic (exact) mass is 310 g/mol. The molecule has 2 N–H and O–H groups in total. The van der Waals surface area contributed by atoms with Crippen molar-refractivity contribution in [2.75, 3.05) is 13.1 Å². The van der Waals surface area contributed by atoms with Crippen molar-refractivity contribution in [2.24, 2.45) is 27.2 Å². The Kier molecular flexibility index (Phi) is 6.63. The van der Waals surface area contributed by atoms with Gasteiger partial charge in [0, 0.05) is 0 Å². The third kappa shape index (κ3) is 4.10. The molecule has 8 nitrogen and oxygen atoms in total. The topological polar surface area (TPSA) is 133 Å². The maximum absolute atomic E-state index is 11.8. The summed E-state index contributed by atoms with van der Waals surface area (Å²) >= 11 is 0. The number of carbonyl (C=O) groups is 2. The third-order valence-electron chi connectivity index (χ3n) is 4.45. The van der Waals surface area contributed by atoms with Crippen LogP contribution in [0.1, 0.15) is 32.1 Å². The van der Waals surface area contributed by atoms with Crippen LogP contribution in [-0.2, 0) is 19.2 Å². The number of hydrogen-bond acceptors (Lipinski definition) is 6. The second kappa shape index (κ2) is 8.22. The Morgan fingerprint density at radius 1 is 1.14 bits per heavy atom. The zero-order valence-corrected chi connectivity index (χ0v) is 12.0. The van der Waals surface area contributed by atoms with Gasteiger partial charge in [0.2, 0.25) is 12.2 Å². The van der Waals surface area contributed by atoms with Gasteiger partial charge in [-0.15, -0.1) is 0 Å². The molecule has 120 valence electrons. The van der Waals surface area contributed by atoms with Gasteiger partial charge in [0.05, 0.1) is 24.4 Å². The summed E-state index contributed by atoms with van der Waals surface area (Å²) in [4.78, 5) is 50.1. The van der Waals surface area contributed by atoms with Crippen LogP contribution in [0.3, 0.4) is 0 Å². The number of carboxylic acids is 2. The second-order valence-electron chi connectivity index (χ2n) is 5.45. The van der Waals surface area contributed by atoms with Gasteiger partial charge >= 0.3 is 11.9 Å². The van der Waals surface area contributed by atoms with Crippen LogP contribution >= 0.6 is 0 Å². The van der Waals surface area contributed by atoms with Gasteiger partial charge in [0.25, 0.3) is 0 Å². The molecule has 0 aromatic rings. The number of aliphatic carboxylic acids is 2. The zero-order valence-electron chi connectivity index (χ0n) is 12.0. The van der Waals surface area contributed by atoms with Crippen LogP contribution in [0, 0.1) is 17.3 Å². The number of aliphatic imine (C=N–C) groups is 2. The molecular formula is C14H18N2O6. The van der Waals surface area contributed by atoms with E-state index >= 15 is 0 Å². The highest BCUT2D eigenvalue weighted by molar-refractivity contribution is 5.76. The van der Waals surface area contributed by atoms with E-state index < -0.39 is 29.2 Å². The van der Waals surface area contributed by atoms with E-state index in [1.54, 1.807) is 0 Å². The van der Waals surface area contributed by atoms with E-state index in [0.29, 0.717) is 0 Å². The predicted octanol–water partition coefficient (Wildman–Crippen LogP) is 1.01. The molecule has 8 heteroatoms. The Morgan fingerprint density at radius 3 is 2.32 bits per heavy atom. The van der Waals surface area contributed by atoms with Crippen molar-refractivity contribution in [2.45, 2.75) is 32.1 Å². The molecule has 1 aliphatic rings. The van der Waals surface area contributed by atoms with Crippen molar-refractivity contribution >= 4 is 24.1 Å². The average Bonchev–Trinajstić information content (AvgIpc) is 2.48. The highest BCUT2D eigenvalue weighted by Crippen LogP contribution is 2.48. The molecule has 3 atom stereocenters. The van der Waals surface area contributed by atoms with Gasteiger partial charge in [-0.1, -0.05) is 0 Å². The minimum atomic E-state index is -1.15. The van der Waals surface area contributed by atoms with Gasteiger partial charge in [-0.2, -0.15) is 0 Å². The predicted molar refractivity (Wildman–Crippen MR) is 73.7 cm³/mol. The molecule has 1 fully saturated rings. The van der Waals surface area contributed by atoms with Crippen molar-refractivity contribution in [1.29, 1.82) is 0 Å². The largest absolute Gasteiger partial charge is 0.481 e. The van der Waals surface area contributed by atoms with Gasteiger partial charge in [0.15, 0.2) is 0 Å². The molecule has 3 unspecified atom stereocenters. The zero-order chi connectivity index (χ0) is 16.6. The molecule has 1 saturated carbocycles. The van der Waals surface area contributed by atoms with Crippen molar-refractivity contribution < 1.29 is 29.4 Å². The summed E-state index contributed by atoms with van der Waals surface area (Å²) in [6, 6.07) is 0. The molecule has 1 rings (SSSR count). The van der Waals surface area contributed by atoms with Crippen LogP contribution in [0.2, 0.25) is 0 Å². The second-order valence-corrected chi connectivity index (χ2v) is 5.45. The summed E-state index contributed by atoms with van der Waals surface area (Å²) in [5.74, 6) is -3.03. The standard InChI is InChI=1S/C14H18N2O6/c17-8-15-5-2-11-7-10(12(19)20)1-3-14(11,13(21)22)4-6-16-9-18/h10-11H,1-7H2,(H,19,20)(H,21,22). The van der Waals surface area contributed by atoms with Gasteiger partial charge in [0.1, 0.15) is 0 Å². The molecule has 0 aromatic heterocycles. The lowest BCUT2D eigenvalue weighted by Crippen LogP contribution is -2.45. The lowest BCUT2D eigenvalue weighted by molar-refractivity contribution is -0.161. The smallest absolute Gasteiger partial charge is 0.309 e. The lowest BCUT2D eigenvalue weighted by Gasteiger charge is -2.42. The van der Waals surface area contributed by atoms with Crippen molar-refractivity contribution in [3.8, 4) is 0 Å². The van der Waals surface area contributed by atoms with E-state index in [2.05, 4.69) is 9.98 Å². The molecule has 0 amide bonds. The molecule has 22 heavy (non-hydrogen) atoms. The Balaban J connectivity index is 3.01. The van der Waals surface area contributed by atoms with E-state index in [0.717, 1.165) is 0 Å². The normalized spacial score (nSPS) is 27.3. The maximum Gasteiger partial charge on any atom is 0.309 e. The van der Waals surface area contributed by atoms with Gasteiger partial charge in [-0.05, 0) is 38.0 Å². The summed E-state index contributed by atoms with van der Waals surface area (Å²) in [5, 5.41) is 18.8. The van der Waals surface area contributed by atoms with Crippen LogP contribution in [0.5, 0.6) is 0 Å². The Morgan fingerprint density at radius 2 is 1.77 bits per heavy atom. The van der Waals surface area contributed by atoms with Crippen LogP contribution in [-0.4, -0.2) is 47.4 Å². The molecule has 0 aliphatic heterocycles. The first-order chi connectivity index (χ1) is 10.5. The minimum absolute atomic E-state index is 0.0288. The highest BCUT2D eigenvalue weighted by Gasteiger charge is 2.49. The lowest BCUT2D eigenvalue weighted by atomic mass is 9.60. The van der Waals surface area contributed by atoms with Crippen LogP contribution in [0.25, 0.3) is 0 Å². The van der Waals surface area contributed by atoms with Gasteiger partial charge in [-0.3, -0.25) is 9.59 Å². The SMILES string of the molecule is O=C=NCCC1CC(C(=O)O)CCC1(CCN=C=O)C(=O)O. The number of rotatable bonds is 8. The number of carboxylic acid groups (broad SMARTS) is 2. The molecule has 0 heterocycles. The van der Waals surface area contributed by atoms with Crippen molar-refractivity contribution in [1.82, 2.24) is 0 Å². The van der Waals surface area contributed by atoms with E-state index in [9.17, 15) is 24.3 Å².